The molecule has 0 aliphatic carbocycles. The molecule has 3 rings (SSSR count). The summed E-state index contributed by atoms with van der Waals surface area (Å²) in [5.41, 5.74) is 2.17. The molecular weight excluding hydrogens is 336 g/mol. The Morgan fingerprint density at radius 1 is 1.16 bits per heavy atom. The fraction of sp³-hybridized carbons (Fsp3) is 0.250. The second-order valence-electron chi connectivity index (χ2n) is 6.23. The van der Waals surface area contributed by atoms with Gasteiger partial charge in [0.2, 0.25) is 0 Å². The summed E-state index contributed by atoms with van der Waals surface area (Å²) in [6.45, 7) is 3.25. The molecule has 5 heteroatoms. The van der Waals surface area contributed by atoms with Gasteiger partial charge in [0.25, 0.3) is 5.91 Å². The summed E-state index contributed by atoms with van der Waals surface area (Å²) >= 11 is 6.18. The van der Waals surface area contributed by atoms with Gasteiger partial charge in [0.15, 0.2) is 0 Å². The fourth-order valence-corrected chi connectivity index (χ4v) is 3.01. The van der Waals surface area contributed by atoms with Crippen LogP contribution < -0.4 is 4.74 Å². The molecule has 2 aromatic carbocycles. The number of ether oxygens (including phenoxy) is 1. The van der Waals surface area contributed by atoms with Crippen LogP contribution in [0.1, 0.15) is 16.1 Å². The van der Waals surface area contributed by atoms with Crippen LogP contribution in [0, 0.1) is 6.92 Å². The zero-order valence-electron chi connectivity index (χ0n) is 14.6. The number of fused-ring (bicyclic) bond motifs is 1. The van der Waals surface area contributed by atoms with E-state index < -0.39 is 0 Å². The van der Waals surface area contributed by atoms with Crippen molar-refractivity contribution in [2.45, 2.75) is 6.92 Å². The van der Waals surface area contributed by atoms with Gasteiger partial charge < -0.3 is 9.64 Å². The number of carbonyl (C=O) groups excluding carboxylic acids is 1. The van der Waals surface area contributed by atoms with Crippen LogP contribution in [0.25, 0.3) is 10.9 Å². The molecule has 130 valence electrons. The Morgan fingerprint density at radius 2 is 1.88 bits per heavy atom. The summed E-state index contributed by atoms with van der Waals surface area (Å²) < 4.78 is 7.69. The van der Waals surface area contributed by atoms with Crippen molar-refractivity contribution in [3.05, 3.63) is 64.8 Å². The molecule has 0 aliphatic rings. The number of hydrogen-bond acceptors (Lipinski definition) is 3. The van der Waals surface area contributed by atoms with Gasteiger partial charge in [0, 0.05) is 22.5 Å². The van der Waals surface area contributed by atoms with E-state index in [1.165, 1.54) is 0 Å². The van der Waals surface area contributed by atoms with Crippen LogP contribution in [0.15, 0.2) is 48.5 Å². The lowest BCUT2D eigenvalue weighted by Crippen LogP contribution is -2.19. The Bertz CT molecular complexity index is 901. The quantitative estimate of drug-likeness (QED) is 0.686. The van der Waals surface area contributed by atoms with E-state index in [1.807, 2.05) is 69.6 Å². The van der Waals surface area contributed by atoms with E-state index in [2.05, 4.69) is 4.90 Å². The number of aromatic nitrogens is 1. The third-order valence-corrected chi connectivity index (χ3v) is 4.35. The fourth-order valence-electron chi connectivity index (χ4n) is 2.84. The van der Waals surface area contributed by atoms with Crippen molar-refractivity contribution in [3.63, 3.8) is 0 Å². The van der Waals surface area contributed by atoms with Gasteiger partial charge in [-0.15, -0.1) is 0 Å². The Balaban J connectivity index is 2.10. The lowest BCUT2D eigenvalue weighted by Gasteiger charge is -2.11. The summed E-state index contributed by atoms with van der Waals surface area (Å²) in [6.07, 6.45) is 0. The number of hydrogen-bond donors (Lipinski definition) is 0. The minimum absolute atomic E-state index is 0.0900. The lowest BCUT2D eigenvalue weighted by molar-refractivity contribution is 0.0962. The molecule has 0 amide bonds. The number of rotatable bonds is 5. The van der Waals surface area contributed by atoms with Gasteiger partial charge in [0.1, 0.15) is 12.4 Å². The monoisotopic (exact) mass is 356 g/mol. The van der Waals surface area contributed by atoms with E-state index in [0.29, 0.717) is 17.2 Å². The van der Waals surface area contributed by atoms with Crippen LogP contribution in [-0.4, -0.2) is 42.6 Å². The number of halogens is 1. The molecule has 0 fully saturated rings. The highest BCUT2D eigenvalue weighted by atomic mass is 35.5. The van der Waals surface area contributed by atoms with Crippen LogP contribution in [0.2, 0.25) is 5.02 Å². The van der Waals surface area contributed by atoms with Crippen LogP contribution in [0.4, 0.5) is 0 Å². The number of benzene rings is 2. The van der Waals surface area contributed by atoms with Crippen molar-refractivity contribution in [2.24, 2.45) is 0 Å². The number of carbonyl (C=O) groups is 1. The van der Waals surface area contributed by atoms with E-state index in [1.54, 1.807) is 4.57 Å². The van der Waals surface area contributed by atoms with E-state index in [4.69, 9.17) is 16.3 Å². The standard InChI is InChI=1S/C20H21ClN2O2/c1-14-19(25-12-11-22(2)3)17-10-9-16(21)13-18(17)23(14)20(24)15-7-5-4-6-8-15/h4-10,13H,11-12H2,1-3H3. The first-order chi connectivity index (χ1) is 12.0. The van der Waals surface area contributed by atoms with Crippen molar-refractivity contribution in [1.29, 1.82) is 0 Å². The third kappa shape index (κ3) is 3.55. The second-order valence-corrected chi connectivity index (χ2v) is 6.67. The Labute approximate surface area is 152 Å². The summed E-state index contributed by atoms with van der Waals surface area (Å²) in [5, 5.41) is 1.48. The minimum atomic E-state index is -0.0900. The molecule has 0 unspecified atom stereocenters. The summed E-state index contributed by atoms with van der Waals surface area (Å²) in [7, 11) is 4.00. The average molecular weight is 357 g/mol. The molecule has 3 aromatic rings. The Hall–Kier alpha value is -2.30. The summed E-state index contributed by atoms with van der Waals surface area (Å²) in [4.78, 5) is 15.1. The molecule has 0 aliphatic heterocycles. The van der Waals surface area contributed by atoms with Gasteiger partial charge >= 0.3 is 0 Å². The van der Waals surface area contributed by atoms with Crippen LogP contribution in [0.3, 0.4) is 0 Å². The maximum absolute atomic E-state index is 13.0. The van der Waals surface area contributed by atoms with Crippen molar-refractivity contribution >= 4 is 28.4 Å². The number of nitrogens with zero attached hydrogens (tertiary/aromatic N) is 2. The Kier molecular flexibility index (Phi) is 5.11. The van der Waals surface area contributed by atoms with Gasteiger partial charge in [-0.3, -0.25) is 9.36 Å². The molecule has 0 radical (unpaired) electrons. The zero-order valence-corrected chi connectivity index (χ0v) is 15.4. The Morgan fingerprint density at radius 3 is 2.56 bits per heavy atom. The molecule has 0 saturated carbocycles. The molecule has 25 heavy (non-hydrogen) atoms. The highest BCUT2D eigenvalue weighted by Crippen LogP contribution is 2.35. The zero-order chi connectivity index (χ0) is 18.0. The minimum Gasteiger partial charge on any atom is -0.490 e. The largest absolute Gasteiger partial charge is 0.490 e. The second kappa shape index (κ2) is 7.30. The van der Waals surface area contributed by atoms with E-state index >= 15 is 0 Å². The first-order valence-corrected chi connectivity index (χ1v) is 8.54. The number of likely N-dealkylation sites (N-methyl/N-ethyl adjacent to an activating group) is 1. The molecular formula is C20H21ClN2O2. The van der Waals surface area contributed by atoms with Gasteiger partial charge in [-0.05, 0) is 51.4 Å². The predicted molar refractivity (Wildman–Crippen MR) is 102 cm³/mol. The normalized spacial score (nSPS) is 11.2. The van der Waals surface area contributed by atoms with E-state index in [0.717, 1.165) is 28.9 Å². The van der Waals surface area contributed by atoms with Crippen molar-refractivity contribution in [1.82, 2.24) is 9.47 Å². The first kappa shape index (κ1) is 17.5. The van der Waals surface area contributed by atoms with Gasteiger partial charge in [-0.2, -0.15) is 0 Å². The third-order valence-electron chi connectivity index (χ3n) is 4.12. The van der Waals surface area contributed by atoms with Crippen molar-refractivity contribution < 1.29 is 9.53 Å². The smallest absolute Gasteiger partial charge is 0.262 e. The SMILES string of the molecule is Cc1c(OCCN(C)C)c2ccc(Cl)cc2n1C(=O)c1ccccc1. The van der Waals surface area contributed by atoms with E-state index in [9.17, 15) is 4.79 Å². The maximum atomic E-state index is 13.0. The molecule has 1 heterocycles. The average Bonchev–Trinajstić information content (AvgIpc) is 2.86. The van der Waals surface area contributed by atoms with E-state index in [-0.39, 0.29) is 5.91 Å². The van der Waals surface area contributed by atoms with Crippen LogP contribution >= 0.6 is 11.6 Å². The predicted octanol–water partition coefficient (Wildman–Crippen LogP) is 4.23. The molecule has 0 atom stereocenters. The maximum Gasteiger partial charge on any atom is 0.262 e. The molecule has 0 spiro atoms. The van der Waals surface area contributed by atoms with Crippen molar-refractivity contribution in [2.75, 3.05) is 27.2 Å². The van der Waals surface area contributed by atoms with Crippen molar-refractivity contribution in [3.8, 4) is 5.75 Å². The summed E-state index contributed by atoms with van der Waals surface area (Å²) in [5.74, 6) is 0.644. The molecule has 0 N–H and O–H groups in total. The topological polar surface area (TPSA) is 34.5 Å². The van der Waals surface area contributed by atoms with Gasteiger partial charge in [-0.25, -0.2) is 0 Å². The molecule has 1 aromatic heterocycles. The molecule has 0 saturated heterocycles. The molecule has 4 nitrogen and oxygen atoms in total. The molecule has 0 bridgehead atoms. The highest BCUT2D eigenvalue weighted by molar-refractivity contribution is 6.31. The lowest BCUT2D eigenvalue weighted by atomic mass is 10.2. The van der Waals surface area contributed by atoms with Crippen LogP contribution in [0.5, 0.6) is 5.75 Å². The van der Waals surface area contributed by atoms with Gasteiger partial charge in [-0.1, -0.05) is 29.8 Å². The first-order valence-electron chi connectivity index (χ1n) is 8.17. The van der Waals surface area contributed by atoms with Crippen LogP contribution in [-0.2, 0) is 0 Å². The van der Waals surface area contributed by atoms with Gasteiger partial charge in [0.05, 0.1) is 11.2 Å². The highest BCUT2D eigenvalue weighted by Gasteiger charge is 2.21. The summed E-state index contributed by atoms with van der Waals surface area (Å²) in [6, 6.07) is 14.8.